The average molecular weight is 225 g/mol. The number of rotatable bonds is 2. The van der Waals surface area contributed by atoms with E-state index in [-0.39, 0.29) is 12.1 Å². The lowest BCUT2D eigenvalue weighted by atomic mass is 10.1. The van der Waals surface area contributed by atoms with E-state index in [0.29, 0.717) is 10.5 Å². The molecule has 0 radical (unpaired) electrons. The Kier molecular flexibility index (Phi) is 2.36. The smallest absolute Gasteiger partial charge is 0.306 e. The van der Waals surface area contributed by atoms with Crippen LogP contribution in [0.25, 0.3) is 11.0 Å². The van der Waals surface area contributed by atoms with Crippen LogP contribution in [0.15, 0.2) is 16.9 Å². The Morgan fingerprint density at radius 3 is 2.93 bits per heavy atom. The van der Waals surface area contributed by atoms with Crippen molar-refractivity contribution in [2.24, 2.45) is 7.05 Å². The second-order valence-corrected chi connectivity index (χ2v) is 3.73. The van der Waals surface area contributed by atoms with E-state index in [1.165, 1.54) is 4.57 Å². The van der Waals surface area contributed by atoms with E-state index < -0.39 is 0 Å². The second-order valence-electron chi connectivity index (χ2n) is 3.32. The lowest BCUT2D eigenvalue weighted by Gasteiger charge is -2.00. The van der Waals surface area contributed by atoms with E-state index in [1.54, 1.807) is 19.2 Å². The molecular weight excluding hydrogens is 216 g/mol. The van der Waals surface area contributed by atoms with Crippen LogP contribution >= 0.6 is 11.6 Å². The number of carbonyl (C=O) groups is 1. The quantitative estimate of drug-likeness (QED) is 0.781. The Hall–Kier alpha value is -1.55. The highest BCUT2D eigenvalue weighted by Gasteiger charge is 2.07. The first-order chi connectivity index (χ1) is 7.13. The van der Waals surface area contributed by atoms with Crippen LogP contribution in [0.4, 0.5) is 0 Å². The largest absolute Gasteiger partial charge is 0.326 e. The maximum Gasteiger partial charge on any atom is 0.326 e. The van der Waals surface area contributed by atoms with Crippen molar-refractivity contribution in [2.45, 2.75) is 6.42 Å². The molecule has 0 bridgehead atoms. The van der Waals surface area contributed by atoms with Crippen molar-refractivity contribution >= 4 is 28.9 Å². The van der Waals surface area contributed by atoms with Gasteiger partial charge in [0, 0.05) is 18.5 Å². The molecule has 0 saturated carbocycles. The van der Waals surface area contributed by atoms with Crippen LogP contribution in [0.3, 0.4) is 0 Å². The summed E-state index contributed by atoms with van der Waals surface area (Å²) in [5, 5.41) is 0.504. The number of hydrogen-bond acceptors (Lipinski definition) is 2. The Bertz CT molecular complexity index is 583. The zero-order valence-electron chi connectivity index (χ0n) is 8.08. The summed E-state index contributed by atoms with van der Waals surface area (Å²) in [6.07, 6.45) is 1.04. The number of imidazole rings is 1. The number of halogens is 1. The summed E-state index contributed by atoms with van der Waals surface area (Å²) in [5.74, 6) is 0. The van der Waals surface area contributed by atoms with E-state index in [0.717, 1.165) is 17.4 Å². The summed E-state index contributed by atoms with van der Waals surface area (Å²) in [6.45, 7) is 0. The predicted octanol–water partition coefficient (Wildman–Crippen LogP) is 1.26. The molecule has 78 valence electrons. The summed E-state index contributed by atoms with van der Waals surface area (Å²) in [6, 6.07) is 3.42. The number of fused-ring (bicyclic) bond motifs is 1. The molecule has 0 aliphatic rings. The van der Waals surface area contributed by atoms with Crippen LogP contribution in [0.2, 0.25) is 5.02 Å². The monoisotopic (exact) mass is 224 g/mol. The first-order valence-corrected chi connectivity index (χ1v) is 4.82. The van der Waals surface area contributed by atoms with Crippen molar-refractivity contribution in [2.75, 3.05) is 0 Å². The molecule has 1 heterocycles. The van der Waals surface area contributed by atoms with Gasteiger partial charge in [-0.25, -0.2) is 4.79 Å². The number of nitrogens with zero attached hydrogens (tertiary/aromatic N) is 1. The average Bonchev–Trinajstić information content (AvgIpc) is 2.46. The second kappa shape index (κ2) is 3.55. The van der Waals surface area contributed by atoms with Crippen LogP contribution in [0.5, 0.6) is 0 Å². The third kappa shape index (κ3) is 1.57. The molecule has 2 aromatic rings. The fourth-order valence-electron chi connectivity index (χ4n) is 1.54. The van der Waals surface area contributed by atoms with Gasteiger partial charge in [0.05, 0.1) is 11.0 Å². The summed E-state index contributed by atoms with van der Waals surface area (Å²) in [5.41, 5.74) is 1.97. The summed E-state index contributed by atoms with van der Waals surface area (Å²) < 4.78 is 1.48. The topological polar surface area (TPSA) is 54.9 Å². The number of aryl methyl sites for hydroxylation is 1. The van der Waals surface area contributed by atoms with E-state index >= 15 is 0 Å². The maximum atomic E-state index is 11.3. The zero-order valence-corrected chi connectivity index (χ0v) is 8.84. The molecule has 0 spiro atoms. The number of hydrogen-bond donors (Lipinski definition) is 1. The van der Waals surface area contributed by atoms with Gasteiger partial charge in [-0.05, 0) is 17.7 Å². The Balaban J connectivity index is 2.75. The molecule has 0 aliphatic carbocycles. The van der Waals surface area contributed by atoms with E-state index in [1.807, 2.05) is 0 Å². The predicted molar refractivity (Wildman–Crippen MR) is 58.3 cm³/mol. The van der Waals surface area contributed by atoms with Crippen LogP contribution in [-0.2, 0) is 18.3 Å². The van der Waals surface area contributed by atoms with Crippen molar-refractivity contribution < 1.29 is 4.79 Å². The van der Waals surface area contributed by atoms with Gasteiger partial charge in [-0.3, -0.25) is 4.57 Å². The van der Waals surface area contributed by atoms with Crippen molar-refractivity contribution in [1.29, 1.82) is 0 Å². The van der Waals surface area contributed by atoms with Gasteiger partial charge in [0.15, 0.2) is 0 Å². The standard InChI is InChI=1S/C10H9ClN2O2/c1-13-9-5-7(11)6(2-3-14)4-8(9)12-10(13)15/h3-5H,2H2,1H3,(H,12,15). The van der Waals surface area contributed by atoms with Crippen molar-refractivity contribution in [3.05, 3.63) is 33.2 Å². The van der Waals surface area contributed by atoms with Gasteiger partial charge in [-0.1, -0.05) is 11.6 Å². The fourth-order valence-corrected chi connectivity index (χ4v) is 1.77. The molecular formula is C10H9ClN2O2. The van der Waals surface area contributed by atoms with Crippen LogP contribution in [-0.4, -0.2) is 15.8 Å². The fraction of sp³-hybridized carbons (Fsp3) is 0.200. The van der Waals surface area contributed by atoms with Gasteiger partial charge in [0.1, 0.15) is 6.29 Å². The molecule has 4 nitrogen and oxygen atoms in total. The first-order valence-electron chi connectivity index (χ1n) is 4.44. The molecule has 0 unspecified atom stereocenters. The maximum absolute atomic E-state index is 11.3. The Morgan fingerprint density at radius 1 is 1.53 bits per heavy atom. The van der Waals surface area contributed by atoms with E-state index in [4.69, 9.17) is 11.6 Å². The van der Waals surface area contributed by atoms with Gasteiger partial charge in [-0.15, -0.1) is 0 Å². The highest BCUT2D eigenvalue weighted by atomic mass is 35.5. The normalized spacial score (nSPS) is 10.8. The summed E-state index contributed by atoms with van der Waals surface area (Å²) in [7, 11) is 1.66. The minimum absolute atomic E-state index is 0.190. The molecule has 0 aliphatic heterocycles. The van der Waals surface area contributed by atoms with Crippen LogP contribution in [0.1, 0.15) is 5.56 Å². The number of benzene rings is 1. The van der Waals surface area contributed by atoms with E-state index in [9.17, 15) is 9.59 Å². The van der Waals surface area contributed by atoms with Crippen LogP contribution in [0, 0.1) is 0 Å². The molecule has 15 heavy (non-hydrogen) atoms. The number of carbonyl (C=O) groups excluding carboxylic acids is 1. The minimum atomic E-state index is -0.190. The molecule has 0 amide bonds. The first kappa shape index (κ1) is 9.98. The van der Waals surface area contributed by atoms with Crippen LogP contribution < -0.4 is 5.69 Å². The highest BCUT2D eigenvalue weighted by Crippen LogP contribution is 2.21. The number of H-pyrrole nitrogens is 1. The number of aromatic nitrogens is 2. The zero-order chi connectivity index (χ0) is 11.0. The highest BCUT2D eigenvalue weighted by molar-refractivity contribution is 6.32. The number of nitrogens with one attached hydrogen (secondary N) is 1. The summed E-state index contributed by atoms with van der Waals surface area (Å²) >= 11 is 5.98. The van der Waals surface area contributed by atoms with E-state index in [2.05, 4.69) is 4.98 Å². The molecule has 2 rings (SSSR count). The Morgan fingerprint density at radius 2 is 2.27 bits per heavy atom. The molecule has 0 fully saturated rings. The third-order valence-corrected chi connectivity index (χ3v) is 2.73. The van der Waals surface area contributed by atoms with Gasteiger partial charge in [0.25, 0.3) is 0 Å². The van der Waals surface area contributed by atoms with Gasteiger partial charge in [-0.2, -0.15) is 0 Å². The minimum Gasteiger partial charge on any atom is -0.306 e. The van der Waals surface area contributed by atoms with Gasteiger partial charge < -0.3 is 9.78 Å². The third-order valence-electron chi connectivity index (χ3n) is 2.38. The lowest BCUT2D eigenvalue weighted by molar-refractivity contribution is -0.107. The molecule has 1 aromatic carbocycles. The SMILES string of the molecule is Cn1c(=O)[nH]c2cc(CC=O)c(Cl)cc21. The molecule has 0 saturated heterocycles. The molecule has 1 N–H and O–H groups in total. The van der Waals surface area contributed by atoms with Crippen molar-refractivity contribution in [3.8, 4) is 0 Å². The molecule has 0 atom stereocenters. The van der Waals surface area contributed by atoms with Gasteiger partial charge >= 0.3 is 5.69 Å². The number of aldehydes is 1. The van der Waals surface area contributed by atoms with Gasteiger partial charge in [0.2, 0.25) is 0 Å². The lowest BCUT2D eigenvalue weighted by Crippen LogP contribution is -2.11. The van der Waals surface area contributed by atoms with Crippen molar-refractivity contribution in [1.82, 2.24) is 9.55 Å². The number of aromatic amines is 1. The summed E-state index contributed by atoms with van der Waals surface area (Å²) in [4.78, 5) is 24.4. The molecule has 1 aromatic heterocycles. The molecule has 5 heteroatoms. The van der Waals surface area contributed by atoms with Crippen molar-refractivity contribution in [3.63, 3.8) is 0 Å². The Labute approximate surface area is 90.5 Å².